The van der Waals surface area contributed by atoms with Gasteiger partial charge < -0.3 is 15.3 Å². The smallest absolute Gasteiger partial charge is 0.146 e. The SMILES string of the molecule is CNC(C)c1ccc(N(C)c2ccccc2F)cc1O. The highest BCUT2D eigenvalue weighted by Gasteiger charge is 2.13. The van der Waals surface area contributed by atoms with Crippen LogP contribution in [0.3, 0.4) is 0 Å². The van der Waals surface area contributed by atoms with Crippen molar-refractivity contribution in [3.63, 3.8) is 0 Å². The summed E-state index contributed by atoms with van der Waals surface area (Å²) in [4.78, 5) is 1.71. The van der Waals surface area contributed by atoms with Gasteiger partial charge in [-0.3, -0.25) is 0 Å². The average Bonchev–Trinajstić information content (AvgIpc) is 2.46. The van der Waals surface area contributed by atoms with Crippen molar-refractivity contribution in [1.29, 1.82) is 0 Å². The number of nitrogens with zero attached hydrogens (tertiary/aromatic N) is 1. The van der Waals surface area contributed by atoms with Crippen LogP contribution in [-0.4, -0.2) is 19.2 Å². The van der Waals surface area contributed by atoms with Gasteiger partial charge in [-0.15, -0.1) is 0 Å². The number of benzene rings is 2. The zero-order chi connectivity index (χ0) is 14.7. The van der Waals surface area contributed by atoms with E-state index in [4.69, 9.17) is 0 Å². The molecule has 0 aliphatic rings. The lowest BCUT2D eigenvalue weighted by Crippen LogP contribution is -2.14. The van der Waals surface area contributed by atoms with Crippen LogP contribution in [0.15, 0.2) is 42.5 Å². The van der Waals surface area contributed by atoms with E-state index in [0.29, 0.717) is 5.69 Å². The molecule has 4 heteroatoms. The van der Waals surface area contributed by atoms with Crippen molar-refractivity contribution in [3.8, 4) is 5.75 Å². The first-order valence-electron chi connectivity index (χ1n) is 6.53. The van der Waals surface area contributed by atoms with E-state index in [1.165, 1.54) is 6.07 Å². The van der Waals surface area contributed by atoms with Gasteiger partial charge in [-0.25, -0.2) is 4.39 Å². The Balaban J connectivity index is 2.35. The van der Waals surface area contributed by atoms with E-state index in [0.717, 1.165) is 11.3 Å². The molecular weight excluding hydrogens is 255 g/mol. The van der Waals surface area contributed by atoms with Gasteiger partial charge in [-0.2, -0.15) is 0 Å². The molecule has 3 nitrogen and oxygen atoms in total. The molecule has 0 amide bonds. The molecule has 0 fully saturated rings. The number of halogens is 1. The van der Waals surface area contributed by atoms with E-state index in [9.17, 15) is 9.50 Å². The summed E-state index contributed by atoms with van der Waals surface area (Å²) < 4.78 is 13.8. The largest absolute Gasteiger partial charge is 0.508 e. The standard InChI is InChI=1S/C16H19FN2O/c1-11(18-2)13-9-8-12(10-16(13)20)19(3)15-7-5-4-6-14(15)17/h4-11,18,20H,1-3H3. The fourth-order valence-corrected chi connectivity index (χ4v) is 2.13. The molecule has 0 radical (unpaired) electrons. The number of rotatable bonds is 4. The van der Waals surface area contributed by atoms with Crippen LogP contribution in [0.5, 0.6) is 5.75 Å². The molecule has 0 spiro atoms. The summed E-state index contributed by atoms with van der Waals surface area (Å²) in [5.41, 5.74) is 2.03. The van der Waals surface area contributed by atoms with E-state index in [-0.39, 0.29) is 17.6 Å². The summed E-state index contributed by atoms with van der Waals surface area (Å²) in [6.07, 6.45) is 0. The van der Waals surface area contributed by atoms with Crippen LogP contribution >= 0.6 is 0 Å². The third-order valence-electron chi connectivity index (χ3n) is 3.51. The Morgan fingerprint density at radius 1 is 1.20 bits per heavy atom. The van der Waals surface area contributed by atoms with Crippen LogP contribution in [-0.2, 0) is 0 Å². The van der Waals surface area contributed by atoms with Gasteiger partial charge in [-0.05, 0) is 32.2 Å². The molecule has 0 saturated carbocycles. The molecule has 1 atom stereocenters. The van der Waals surface area contributed by atoms with Gasteiger partial charge >= 0.3 is 0 Å². The number of anilines is 2. The van der Waals surface area contributed by atoms with E-state index in [1.807, 2.05) is 26.1 Å². The number of phenolic OH excluding ortho intramolecular Hbond substituents is 1. The second kappa shape index (κ2) is 5.92. The normalized spacial score (nSPS) is 12.2. The first kappa shape index (κ1) is 14.3. The molecule has 1 unspecified atom stereocenters. The third-order valence-corrected chi connectivity index (χ3v) is 3.51. The predicted octanol–water partition coefficient (Wildman–Crippen LogP) is 3.58. The van der Waals surface area contributed by atoms with E-state index in [1.54, 1.807) is 36.2 Å². The second-order valence-electron chi connectivity index (χ2n) is 4.76. The first-order chi connectivity index (χ1) is 9.54. The number of para-hydroxylation sites is 1. The Morgan fingerprint density at radius 3 is 2.50 bits per heavy atom. The minimum absolute atomic E-state index is 0.0582. The minimum Gasteiger partial charge on any atom is -0.508 e. The summed E-state index contributed by atoms with van der Waals surface area (Å²) in [5, 5.41) is 13.2. The highest BCUT2D eigenvalue weighted by molar-refractivity contribution is 5.65. The van der Waals surface area contributed by atoms with Gasteiger partial charge in [0, 0.05) is 30.4 Å². The van der Waals surface area contributed by atoms with Crippen molar-refractivity contribution in [2.45, 2.75) is 13.0 Å². The molecule has 2 N–H and O–H groups in total. The van der Waals surface area contributed by atoms with Gasteiger partial charge in [0.25, 0.3) is 0 Å². The van der Waals surface area contributed by atoms with Gasteiger partial charge in [0.1, 0.15) is 11.6 Å². The number of phenols is 1. The monoisotopic (exact) mass is 274 g/mol. The molecule has 0 saturated heterocycles. The van der Waals surface area contributed by atoms with Crippen molar-refractivity contribution < 1.29 is 9.50 Å². The maximum absolute atomic E-state index is 13.8. The Bertz CT molecular complexity index is 601. The zero-order valence-corrected chi connectivity index (χ0v) is 11.9. The van der Waals surface area contributed by atoms with E-state index < -0.39 is 0 Å². The molecule has 106 valence electrons. The Hall–Kier alpha value is -2.07. The number of hydrogen-bond acceptors (Lipinski definition) is 3. The maximum atomic E-state index is 13.8. The van der Waals surface area contributed by atoms with Crippen LogP contribution < -0.4 is 10.2 Å². The first-order valence-corrected chi connectivity index (χ1v) is 6.53. The summed E-state index contributed by atoms with van der Waals surface area (Å²) in [6.45, 7) is 1.97. The second-order valence-corrected chi connectivity index (χ2v) is 4.76. The molecule has 2 rings (SSSR count). The molecule has 0 aromatic heterocycles. The van der Waals surface area contributed by atoms with Gasteiger partial charge in [0.05, 0.1) is 5.69 Å². The molecule has 20 heavy (non-hydrogen) atoms. The highest BCUT2D eigenvalue weighted by Crippen LogP contribution is 2.32. The molecule has 0 aliphatic heterocycles. The number of hydrogen-bond donors (Lipinski definition) is 2. The average molecular weight is 274 g/mol. The van der Waals surface area contributed by atoms with Crippen molar-refractivity contribution >= 4 is 11.4 Å². The lowest BCUT2D eigenvalue weighted by molar-refractivity contribution is 0.458. The van der Waals surface area contributed by atoms with Crippen LogP contribution in [0.25, 0.3) is 0 Å². The fraction of sp³-hybridized carbons (Fsp3) is 0.250. The minimum atomic E-state index is -0.290. The topological polar surface area (TPSA) is 35.5 Å². The van der Waals surface area contributed by atoms with Crippen molar-refractivity contribution in [1.82, 2.24) is 5.32 Å². The van der Waals surface area contributed by atoms with Crippen LogP contribution in [0.4, 0.5) is 15.8 Å². The predicted molar refractivity (Wildman–Crippen MR) is 80.0 cm³/mol. The highest BCUT2D eigenvalue weighted by atomic mass is 19.1. The zero-order valence-electron chi connectivity index (χ0n) is 11.9. The van der Waals surface area contributed by atoms with Crippen molar-refractivity contribution in [2.24, 2.45) is 0 Å². The lowest BCUT2D eigenvalue weighted by atomic mass is 10.1. The molecule has 2 aromatic rings. The van der Waals surface area contributed by atoms with Gasteiger partial charge in [0.15, 0.2) is 0 Å². The van der Waals surface area contributed by atoms with Crippen molar-refractivity contribution in [2.75, 3.05) is 19.0 Å². The molecule has 2 aromatic carbocycles. The van der Waals surface area contributed by atoms with E-state index >= 15 is 0 Å². The number of nitrogens with one attached hydrogen (secondary N) is 1. The van der Waals surface area contributed by atoms with Crippen LogP contribution in [0.2, 0.25) is 0 Å². The Morgan fingerprint density at radius 2 is 1.90 bits per heavy atom. The summed E-state index contributed by atoms with van der Waals surface area (Å²) in [5.74, 6) is -0.0882. The lowest BCUT2D eigenvalue weighted by Gasteiger charge is -2.22. The molecule has 0 bridgehead atoms. The summed E-state index contributed by atoms with van der Waals surface area (Å²) in [7, 11) is 3.61. The maximum Gasteiger partial charge on any atom is 0.146 e. The molecule has 0 aliphatic carbocycles. The van der Waals surface area contributed by atoms with E-state index in [2.05, 4.69) is 5.32 Å². The van der Waals surface area contributed by atoms with Gasteiger partial charge in [0.2, 0.25) is 0 Å². The summed E-state index contributed by atoms with van der Waals surface area (Å²) >= 11 is 0. The quantitative estimate of drug-likeness (QED) is 0.894. The van der Waals surface area contributed by atoms with Crippen LogP contribution in [0.1, 0.15) is 18.5 Å². The van der Waals surface area contributed by atoms with Crippen LogP contribution in [0, 0.1) is 5.82 Å². The Labute approximate surface area is 118 Å². The van der Waals surface area contributed by atoms with Gasteiger partial charge in [-0.1, -0.05) is 18.2 Å². The Kier molecular flexibility index (Phi) is 4.25. The summed E-state index contributed by atoms with van der Waals surface area (Å²) in [6, 6.07) is 12.0. The molecule has 0 heterocycles. The van der Waals surface area contributed by atoms with Crippen molar-refractivity contribution in [3.05, 3.63) is 53.8 Å². The third kappa shape index (κ3) is 2.75. The molecular formula is C16H19FN2O. The fourth-order valence-electron chi connectivity index (χ4n) is 2.13. The number of aromatic hydroxyl groups is 1.